The summed E-state index contributed by atoms with van der Waals surface area (Å²) in [7, 11) is 0. The van der Waals surface area contributed by atoms with Crippen LogP contribution in [0.15, 0.2) is 0 Å². The second-order valence-electron chi connectivity index (χ2n) is 1.12. The van der Waals surface area contributed by atoms with Gasteiger partial charge in [0.2, 0.25) is 0 Å². The van der Waals surface area contributed by atoms with Crippen molar-refractivity contribution >= 4 is 11.6 Å². The molecule has 1 aliphatic rings. The molecule has 5 heavy (non-hydrogen) atoms. The van der Waals surface area contributed by atoms with E-state index in [9.17, 15) is 4.39 Å². The molecule has 1 aliphatic carbocycles. The molecular formula is C3H3ClF. The van der Waals surface area contributed by atoms with Gasteiger partial charge in [0, 0.05) is 6.42 Å². The van der Waals surface area contributed by atoms with E-state index in [4.69, 9.17) is 11.6 Å². The van der Waals surface area contributed by atoms with Crippen molar-refractivity contribution in [2.24, 2.45) is 0 Å². The van der Waals surface area contributed by atoms with Crippen LogP contribution in [0.3, 0.4) is 0 Å². The molecule has 0 spiro atoms. The summed E-state index contributed by atoms with van der Waals surface area (Å²) in [6.07, 6.45) is -0.279. The van der Waals surface area contributed by atoms with E-state index in [1.54, 1.807) is 0 Å². The van der Waals surface area contributed by atoms with Crippen LogP contribution in [-0.4, -0.2) is 6.17 Å². The average molecular weight is 93.5 g/mol. The van der Waals surface area contributed by atoms with Gasteiger partial charge in [0.1, 0.15) is 11.5 Å². The molecule has 1 rings (SSSR count). The Kier molecular flexibility index (Phi) is 0.573. The fraction of sp³-hybridized carbons (Fsp3) is 0.667. The summed E-state index contributed by atoms with van der Waals surface area (Å²) in [5, 5.41) is 0.477. The predicted molar refractivity (Wildman–Crippen MR) is 18.6 cm³/mol. The molecule has 0 aliphatic heterocycles. The Morgan fingerprint density at radius 3 is 2.20 bits per heavy atom. The van der Waals surface area contributed by atoms with Gasteiger partial charge < -0.3 is 0 Å². The minimum Gasteiger partial charge on any atom is -0.245 e. The topological polar surface area (TPSA) is 0 Å². The highest BCUT2D eigenvalue weighted by Crippen LogP contribution is 2.39. The Morgan fingerprint density at radius 1 is 2.00 bits per heavy atom. The van der Waals surface area contributed by atoms with Crippen molar-refractivity contribution < 1.29 is 4.39 Å². The molecule has 1 saturated carbocycles. The summed E-state index contributed by atoms with van der Waals surface area (Å²) < 4.78 is 11.3. The van der Waals surface area contributed by atoms with Crippen molar-refractivity contribution in [2.75, 3.05) is 0 Å². The first-order valence-corrected chi connectivity index (χ1v) is 1.84. The van der Waals surface area contributed by atoms with Gasteiger partial charge in [-0.3, -0.25) is 0 Å². The quantitative estimate of drug-likeness (QED) is 0.426. The average Bonchev–Trinajstić information content (AvgIpc) is 1.79. The molecule has 1 fully saturated rings. The number of hydrogen-bond donors (Lipinski definition) is 0. The van der Waals surface area contributed by atoms with Gasteiger partial charge in [-0.25, -0.2) is 4.39 Å². The van der Waals surface area contributed by atoms with E-state index in [0.29, 0.717) is 11.8 Å². The standard InChI is InChI=1S/C3H3ClF/c4-2-1-3(2)5/h3H,1H2. The minimum absolute atomic E-state index is 0.477. The van der Waals surface area contributed by atoms with Crippen LogP contribution in [0.2, 0.25) is 0 Å². The molecule has 0 N–H and O–H groups in total. The highest BCUT2D eigenvalue weighted by atomic mass is 35.5. The first-order valence-electron chi connectivity index (χ1n) is 1.46. The van der Waals surface area contributed by atoms with Crippen molar-refractivity contribution in [3.8, 4) is 0 Å². The Balaban J connectivity index is 2.20. The van der Waals surface area contributed by atoms with Crippen LogP contribution >= 0.6 is 11.6 Å². The molecule has 1 atom stereocenters. The van der Waals surface area contributed by atoms with E-state index >= 15 is 0 Å². The van der Waals surface area contributed by atoms with Gasteiger partial charge >= 0.3 is 0 Å². The molecular weight excluding hydrogens is 90.5 g/mol. The van der Waals surface area contributed by atoms with Gasteiger partial charge in [-0.1, -0.05) is 0 Å². The number of alkyl halides is 1. The molecule has 29 valence electrons. The Bertz CT molecular complexity index is 40.2. The van der Waals surface area contributed by atoms with Crippen molar-refractivity contribution in [1.29, 1.82) is 0 Å². The molecule has 0 nitrogen and oxygen atoms in total. The summed E-state index contributed by atoms with van der Waals surface area (Å²) in [5.74, 6) is 0. The highest BCUT2D eigenvalue weighted by Gasteiger charge is 2.36. The van der Waals surface area contributed by atoms with Crippen LogP contribution in [0.5, 0.6) is 0 Å². The third kappa shape index (κ3) is 0.538. The van der Waals surface area contributed by atoms with Crippen LogP contribution < -0.4 is 0 Å². The SMILES string of the molecule is FC1C[C]1Cl. The highest BCUT2D eigenvalue weighted by molar-refractivity contribution is 6.29. The molecule has 1 radical (unpaired) electrons. The lowest BCUT2D eigenvalue weighted by molar-refractivity contribution is 0.491. The molecule has 0 saturated heterocycles. The van der Waals surface area contributed by atoms with E-state index < -0.39 is 6.17 Å². The van der Waals surface area contributed by atoms with Gasteiger partial charge in [0.15, 0.2) is 0 Å². The predicted octanol–water partition coefficient (Wildman–Crippen LogP) is 1.50. The fourth-order valence-electron chi connectivity index (χ4n) is 0.112. The van der Waals surface area contributed by atoms with E-state index in [1.165, 1.54) is 0 Å². The summed E-state index contributed by atoms with van der Waals surface area (Å²) in [6.45, 7) is 0. The maximum Gasteiger partial charge on any atom is 0.123 e. The second kappa shape index (κ2) is 0.839. The Labute approximate surface area is 34.9 Å². The lowest BCUT2D eigenvalue weighted by Crippen LogP contribution is -1.57. The number of rotatable bonds is 0. The fourth-order valence-corrected chi connectivity index (χ4v) is 0.248. The van der Waals surface area contributed by atoms with E-state index in [-0.39, 0.29) is 0 Å². The van der Waals surface area contributed by atoms with Crippen LogP contribution in [0.1, 0.15) is 6.42 Å². The zero-order chi connectivity index (χ0) is 3.86. The molecule has 0 amide bonds. The number of hydrogen-bond acceptors (Lipinski definition) is 0. The maximum atomic E-state index is 11.3. The molecule has 1 unspecified atom stereocenters. The first-order chi connectivity index (χ1) is 2.30. The van der Waals surface area contributed by atoms with E-state index in [1.807, 2.05) is 0 Å². The summed E-state index contributed by atoms with van der Waals surface area (Å²) >= 11 is 5.08. The first kappa shape index (κ1) is 3.41. The van der Waals surface area contributed by atoms with Gasteiger partial charge in [-0.05, 0) is 0 Å². The summed E-state index contributed by atoms with van der Waals surface area (Å²) in [5.41, 5.74) is 0. The Morgan fingerprint density at radius 2 is 2.20 bits per heavy atom. The van der Waals surface area contributed by atoms with Crippen molar-refractivity contribution in [3.05, 3.63) is 5.38 Å². The van der Waals surface area contributed by atoms with Crippen molar-refractivity contribution in [3.63, 3.8) is 0 Å². The zero-order valence-electron chi connectivity index (χ0n) is 2.54. The third-order valence-electron chi connectivity index (χ3n) is 0.554. The maximum absolute atomic E-state index is 11.3. The van der Waals surface area contributed by atoms with Gasteiger partial charge in [-0.15, -0.1) is 11.6 Å². The Hall–Kier alpha value is 0.220. The van der Waals surface area contributed by atoms with Crippen LogP contribution in [-0.2, 0) is 0 Å². The van der Waals surface area contributed by atoms with Crippen molar-refractivity contribution in [1.82, 2.24) is 0 Å². The third-order valence-corrected chi connectivity index (χ3v) is 0.945. The second-order valence-corrected chi connectivity index (χ2v) is 1.60. The number of halogens is 2. The van der Waals surface area contributed by atoms with E-state index in [2.05, 4.69) is 0 Å². The van der Waals surface area contributed by atoms with Gasteiger partial charge in [0.05, 0.1) is 0 Å². The monoisotopic (exact) mass is 93.0 g/mol. The zero-order valence-corrected chi connectivity index (χ0v) is 3.30. The largest absolute Gasteiger partial charge is 0.245 e. The van der Waals surface area contributed by atoms with Crippen LogP contribution in [0, 0.1) is 5.38 Å². The minimum atomic E-state index is -0.767. The molecule has 0 aromatic carbocycles. The summed E-state index contributed by atoms with van der Waals surface area (Å²) in [4.78, 5) is 0. The molecule has 2 heteroatoms. The van der Waals surface area contributed by atoms with E-state index in [0.717, 1.165) is 0 Å². The normalized spacial score (nSPS) is 38.4. The van der Waals surface area contributed by atoms with Crippen LogP contribution in [0.25, 0.3) is 0 Å². The molecule has 0 bridgehead atoms. The van der Waals surface area contributed by atoms with Gasteiger partial charge in [-0.2, -0.15) is 0 Å². The van der Waals surface area contributed by atoms with Crippen molar-refractivity contribution in [2.45, 2.75) is 12.6 Å². The smallest absolute Gasteiger partial charge is 0.123 e. The van der Waals surface area contributed by atoms with Gasteiger partial charge in [0.25, 0.3) is 0 Å². The molecule has 0 aromatic heterocycles. The molecule has 0 aromatic rings. The lowest BCUT2D eigenvalue weighted by atomic mass is 10.9. The molecule has 0 heterocycles. The van der Waals surface area contributed by atoms with Crippen LogP contribution in [0.4, 0.5) is 4.39 Å². The lowest BCUT2D eigenvalue weighted by Gasteiger charge is -1.60. The summed E-state index contributed by atoms with van der Waals surface area (Å²) in [6, 6.07) is 0.